The van der Waals surface area contributed by atoms with Crippen LogP contribution < -0.4 is 0 Å². The van der Waals surface area contributed by atoms with E-state index in [-0.39, 0.29) is 5.75 Å². The van der Waals surface area contributed by atoms with Gasteiger partial charge in [-0.25, -0.2) is 5.10 Å². The molecule has 0 unspecified atom stereocenters. The minimum absolute atomic E-state index is 0.127. The topological polar surface area (TPSA) is 66.2 Å². The minimum atomic E-state index is 0.127. The molecule has 0 bridgehead atoms. The van der Waals surface area contributed by atoms with E-state index in [4.69, 9.17) is 12.2 Å². The molecular weight excluding hydrogens is 284 g/mol. The summed E-state index contributed by atoms with van der Waals surface area (Å²) in [6, 6.07) is 16.6. The maximum atomic E-state index is 9.93. The van der Waals surface area contributed by atoms with Crippen molar-refractivity contribution in [2.24, 2.45) is 5.10 Å². The van der Waals surface area contributed by atoms with Gasteiger partial charge in [0, 0.05) is 0 Å². The van der Waals surface area contributed by atoms with E-state index in [0.29, 0.717) is 16.2 Å². The van der Waals surface area contributed by atoms with E-state index >= 15 is 0 Å². The Bertz CT molecular complexity index is 836. The number of aromatic amines is 1. The summed E-state index contributed by atoms with van der Waals surface area (Å²) >= 11 is 5.18. The van der Waals surface area contributed by atoms with Gasteiger partial charge in [-0.2, -0.15) is 14.9 Å². The molecule has 0 aliphatic carbocycles. The highest BCUT2D eigenvalue weighted by molar-refractivity contribution is 7.71. The van der Waals surface area contributed by atoms with E-state index in [1.54, 1.807) is 24.4 Å². The molecule has 104 valence electrons. The van der Waals surface area contributed by atoms with Crippen LogP contribution in [0.1, 0.15) is 5.56 Å². The molecular formula is C15H12N4OS. The molecule has 21 heavy (non-hydrogen) atoms. The van der Waals surface area contributed by atoms with Crippen molar-refractivity contribution in [1.82, 2.24) is 14.9 Å². The maximum Gasteiger partial charge on any atom is 0.216 e. The summed E-state index contributed by atoms with van der Waals surface area (Å²) < 4.78 is 1.85. The van der Waals surface area contributed by atoms with Crippen LogP contribution in [0.5, 0.6) is 5.75 Å². The second-order valence-electron chi connectivity index (χ2n) is 4.34. The van der Waals surface area contributed by atoms with Crippen LogP contribution in [0.2, 0.25) is 0 Å². The number of phenols is 1. The summed E-state index contributed by atoms with van der Waals surface area (Å²) in [5.41, 5.74) is 1.51. The zero-order chi connectivity index (χ0) is 14.7. The van der Waals surface area contributed by atoms with Crippen molar-refractivity contribution in [3.63, 3.8) is 0 Å². The smallest absolute Gasteiger partial charge is 0.216 e. The SMILES string of the molecule is Oc1ccccc1-c1n[nH]c(=S)n1/N=C/c1ccccc1. The molecule has 0 fully saturated rings. The Hall–Kier alpha value is -2.73. The number of aromatic nitrogens is 3. The van der Waals surface area contributed by atoms with Crippen molar-refractivity contribution in [3.8, 4) is 17.1 Å². The lowest BCUT2D eigenvalue weighted by Crippen LogP contribution is -1.95. The summed E-state index contributed by atoms with van der Waals surface area (Å²) in [6.45, 7) is 0. The molecule has 0 spiro atoms. The molecule has 0 atom stereocenters. The highest BCUT2D eigenvalue weighted by Crippen LogP contribution is 2.26. The number of nitrogens with one attached hydrogen (secondary N) is 1. The number of nitrogens with zero attached hydrogens (tertiary/aromatic N) is 3. The zero-order valence-electron chi connectivity index (χ0n) is 11.0. The number of rotatable bonds is 3. The number of H-pyrrole nitrogens is 1. The first-order valence-corrected chi connectivity index (χ1v) is 6.72. The molecule has 0 saturated heterocycles. The average molecular weight is 296 g/mol. The third kappa shape index (κ3) is 2.75. The lowest BCUT2D eigenvalue weighted by Gasteiger charge is -2.03. The Morgan fingerprint density at radius 1 is 1.10 bits per heavy atom. The van der Waals surface area contributed by atoms with E-state index in [1.807, 2.05) is 36.4 Å². The molecule has 2 aromatic carbocycles. The van der Waals surface area contributed by atoms with Crippen LogP contribution in [0.4, 0.5) is 0 Å². The fraction of sp³-hybridized carbons (Fsp3) is 0. The van der Waals surface area contributed by atoms with E-state index in [2.05, 4.69) is 15.3 Å². The number of hydrogen-bond acceptors (Lipinski definition) is 4. The Balaban J connectivity index is 2.05. The first kappa shape index (κ1) is 13.3. The summed E-state index contributed by atoms with van der Waals surface area (Å²) in [7, 11) is 0. The van der Waals surface area contributed by atoms with Gasteiger partial charge in [-0.1, -0.05) is 42.5 Å². The van der Waals surface area contributed by atoms with E-state index in [9.17, 15) is 5.11 Å². The summed E-state index contributed by atoms with van der Waals surface area (Å²) in [4.78, 5) is 0. The summed E-state index contributed by atoms with van der Waals surface area (Å²) in [5.74, 6) is 0.591. The molecule has 0 saturated carbocycles. The van der Waals surface area contributed by atoms with Gasteiger partial charge in [-0.05, 0) is 29.9 Å². The monoisotopic (exact) mass is 296 g/mol. The third-order valence-corrected chi connectivity index (χ3v) is 3.18. The highest BCUT2D eigenvalue weighted by atomic mass is 32.1. The Morgan fingerprint density at radius 2 is 1.81 bits per heavy atom. The van der Waals surface area contributed by atoms with Crippen LogP contribution in [0, 0.1) is 4.77 Å². The van der Waals surface area contributed by atoms with Crippen LogP contribution in [0.3, 0.4) is 0 Å². The summed E-state index contributed by atoms with van der Waals surface area (Å²) in [6.07, 6.45) is 1.69. The number of phenolic OH excluding ortho intramolecular Hbond substituents is 1. The van der Waals surface area contributed by atoms with Crippen molar-refractivity contribution < 1.29 is 5.11 Å². The normalized spacial score (nSPS) is 11.0. The van der Waals surface area contributed by atoms with Crippen LogP contribution in [0.25, 0.3) is 11.4 Å². The van der Waals surface area contributed by atoms with Crippen molar-refractivity contribution in [2.45, 2.75) is 0 Å². The van der Waals surface area contributed by atoms with E-state index in [1.165, 1.54) is 4.68 Å². The number of hydrogen-bond donors (Lipinski definition) is 2. The van der Waals surface area contributed by atoms with Gasteiger partial charge in [-0.15, -0.1) is 0 Å². The Kier molecular flexibility index (Phi) is 3.61. The fourth-order valence-corrected chi connectivity index (χ4v) is 2.08. The lowest BCUT2D eigenvalue weighted by atomic mass is 10.2. The largest absolute Gasteiger partial charge is 0.507 e. The Morgan fingerprint density at radius 3 is 2.57 bits per heavy atom. The molecule has 0 aliphatic rings. The Labute approximate surface area is 126 Å². The first-order valence-electron chi connectivity index (χ1n) is 6.31. The third-order valence-electron chi connectivity index (χ3n) is 2.92. The molecule has 1 heterocycles. The predicted octanol–water partition coefficient (Wildman–Crippen LogP) is 3.20. The quantitative estimate of drug-likeness (QED) is 0.576. The van der Waals surface area contributed by atoms with Crippen LogP contribution >= 0.6 is 12.2 Å². The van der Waals surface area contributed by atoms with Crippen LogP contribution in [-0.4, -0.2) is 26.2 Å². The zero-order valence-corrected chi connectivity index (χ0v) is 11.8. The second-order valence-corrected chi connectivity index (χ2v) is 4.72. The van der Waals surface area contributed by atoms with E-state index < -0.39 is 0 Å². The van der Waals surface area contributed by atoms with Crippen molar-refractivity contribution >= 4 is 18.4 Å². The molecule has 5 nitrogen and oxygen atoms in total. The molecule has 2 N–H and O–H groups in total. The minimum Gasteiger partial charge on any atom is -0.507 e. The van der Waals surface area contributed by atoms with Gasteiger partial charge >= 0.3 is 0 Å². The first-order chi connectivity index (χ1) is 10.3. The van der Waals surface area contributed by atoms with Crippen molar-refractivity contribution in [3.05, 3.63) is 64.9 Å². The molecule has 3 rings (SSSR count). The maximum absolute atomic E-state index is 9.93. The van der Waals surface area contributed by atoms with E-state index in [0.717, 1.165) is 5.56 Å². The molecule has 0 aliphatic heterocycles. The molecule has 6 heteroatoms. The van der Waals surface area contributed by atoms with Crippen LogP contribution in [0.15, 0.2) is 59.7 Å². The van der Waals surface area contributed by atoms with Gasteiger partial charge in [0.25, 0.3) is 0 Å². The predicted molar refractivity (Wildman–Crippen MR) is 83.9 cm³/mol. The summed E-state index contributed by atoms with van der Waals surface area (Å²) in [5, 5.41) is 21.1. The van der Waals surface area contributed by atoms with Gasteiger partial charge in [-0.3, -0.25) is 0 Å². The number of aromatic hydroxyl groups is 1. The van der Waals surface area contributed by atoms with Gasteiger partial charge < -0.3 is 5.11 Å². The van der Waals surface area contributed by atoms with Crippen molar-refractivity contribution in [1.29, 1.82) is 0 Å². The molecule has 3 aromatic rings. The number of para-hydroxylation sites is 1. The van der Waals surface area contributed by atoms with Gasteiger partial charge in [0.1, 0.15) is 5.75 Å². The number of benzene rings is 2. The second kappa shape index (κ2) is 5.72. The molecule has 1 aromatic heterocycles. The lowest BCUT2D eigenvalue weighted by molar-refractivity contribution is 0.476. The average Bonchev–Trinajstić information content (AvgIpc) is 2.88. The molecule has 0 amide bonds. The van der Waals surface area contributed by atoms with Crippen molar-refractivity contribution in [2.75, 3.05) is 0 Å². The van der Waals surface area contributed by atoms with Gasteiger partial charge in [0.15, 0.2) is 5.82 Å². The molecule has 0 radical (unpaired) electrons. The fourth-order valence-electron chi connectivity index (χ4n) is 1.90. The standard InChI is InChI=1S/C15H12N4OS/c20-13-9-5-4-8-12(13)14-17-18-15(21)19(14)16-10-11-6-2-1-3-7-11/h1-10,20H,(H,18,21)/b16-10+. The van der Waals surface area contributed by atoms with Gasteiger partial charge in [0.05, 0.1) is 11.8 Å². The highest BCUT2D eigenvalue weighted by Gasteiger charge is 2.11. The van der Waals surface area contributed by atoms with Gasteiger partial charge in [0.2, 0.25) is 4.77 Å². The van der Waals surface area contributed by atoms with Crippen LogP contribution in [-0.2, 0) is 0 Å².